The molecular formula is C15H21N3O2S. The Bertz CT molecular complexity index is 641. The Labute approximate surface area is 128 Å². The molecule has 0 fully saturated rings. The van der Waals surface area contributed by atoms with Crippen LogP contribution in [0.5, 0.6) is 0 Å². The van der Waals surface area contributed by atoms with Crippen LogP contribution in [-0.4, -0.2) is 28.6 Å². The first-order valence-electron chi connectivity index (χ1n) is 7.14. The van der Waals surface area contributed by atoms with Crippen LogP contribution < -0.4 is 5.32 Å². The first-order chi connectivity index (χ1) is 10.0. The van der Waals surface area contributed by atoms with Crippen molar-refractivity contribution in [3.05, 3.63) is 17.3 Å². The summed E-state index contributed by atoms with van der Waals surface area (Å²) in [6, 6.07) is 2.09. The Morgan fingerprint density at radius 1 is 1.43 bits per heavy atom. The van der Waals surface area contributed by atoms with Gasteiger partial charge in [-0.3, -0.25) is 0 Å². The molecular weight excluding hydrogens is 286 g/mol. The van der Waals surface area contributed by atoms with Gasteiger partial charge >= 0.3 is 5.97 Å². The van der Waals surface area contributed by atoms with Gasteiger partial charge in [0.05, 0.1) is 12.5 Å². The molecule has 2 rings (SSSR count). The lowest BCUT2D eigenvalue weighted by Crippen LogP contribution is -2.44. The number of hydrogen-bond donors (Lipinski definition) is 1. The first-order valence-corrected chi connectivity index (χ1v) is 7.95. The summed E-state index contributed by atoms with van der Waals surface area (Å²) in [4.78, 5) is 22.9. The summed E-state index contributed by atoms with van der Waals surface area (Å²) in [6.07, 6.45) is 4.04. The quantitative estimate of drug-likeness (QED) is 0.829. The maximum absolute atomic E-state index is 12.1. The number of esters is 1. The molecule has 1 N–H and O–H groups in total. The number of nitrogens with one attached hydrogen (secondary N) is 1. The van der Waals surface area contributed by atoms with E-state index in [1.807, 2.05) is 13.8 Å². The number of thiophene rings is 1. The van der Waals surface area contributed by atoms with Crippen molar-refractivity contribution in [2.24, 2.45) is 0 Å². The average Bonchev–Trinajstić information content (AvgIpc) is 2.91. The lowest BCUT2D eigenvalue weighted by Gasteiger charge is -2.28. The Morgan fingerprint density at radius 3 is 2.81 bits per heavy atom. The van der Waals surface area contributed by atoms with Gasteiger partial charge in [0.2, 0.25) is 0 Å². The van der Waals surface area contributed by atoms with Crippen molar-refractivity contribution >= 4 is 33.3 Å². The summed E-state index contributed by atoms with van der Waals surface area (Å²) in [5.41, 5.74) is -0.779. The van der Waals surface area contributed by atoms with Crippen LogP contribution in [-0.2, 0) is 16.0 Å². The second kappa shape index (κ2) is 6.39. The molecule has 21 heavy (non-hydrogen) atoms. The Balaban J connectivity index is 2.41. The zero-order chi connectivity index (χ0) is 15.5. The highest BCUT2D eigenvalue weighted by atomic mass is 32.1. The van der Waals surface area contributed by atoms with Crippen molar-refractivity contribution in [1.82, 2.24) is 9.97 Å². The number of ether oxygens (including phenoxy) is 1. The Morgan fingerprint density at radius 2 is 2.19 bits per heavy atom. The number of carbonyl (C=O) groups is 1. The molecule has 0 radical (unpaired) electrons. The molecule has 0 spiro atoms. The lowest BCUT2D eigenvalue weighted by atomic mass is 9.96. The topological polar surface area (TPSA) is 64.1 Å². The molecule has 0 aliphatic rings. The van der Waals surface area contributed by atoms with Gasteiger partial charge in [0.25, 0.3) is 0 Å². The molecule has 0 saturated carbocycles. The van der Waals surface area contributed by atoms with Crippen molar-refractivity contribution in [1.29, 1.82) is 0 Å². The molecule has 114 valence electrons. The minimum absolute atomic E-state index is 0.276. The predicted octanol–water partition coefficient (Wildman–Crippen LogP) is 3.40. The van der Waals surface area contributed by atoms with E-state index in [0.29, 0.717) is 12.2 Å². The van der Waals surface area contributed by atoms with E-state index >= 15 is 0 Å². The van der Waals surface area contributed by atoms with Crippen molar-refractivity contribution in [2.75, 3.05) is 12.4 Å². The maximum atomic E-state index is 12.1. The fourth-order valence-electron chi connectivity index (χ4n) is 2.38. The summed E-state index contributed by atoms with van der Waals surface area (Å²) >= 11 is 1.66. The van der Waals surface area contributed by atoms with E-state index in [1.165, 1.54) is 18.3 Å². The van der Waals surface area contributed by atoms with Gasteiger partial charge in [-0.25, -0.2) is 14.8 Å². The highest BCUT2D eigenvalue weighted by Crippen LogP contribution is 2.31. The monoisotopic (exact) mass is 307 g/mol. The van der Waals surface area contributed by atoms with Crippen LogP contribution in [0.4, 0.5) is 5.82 Å². The molecule has 1 atom stereocenters. The van der Waals surface area contributed by atoms with E-state index < -0.39 is 5.54 Å². The van der Waals surface area contributed by atoms with Gasteiger partial charge in [0, 0.05) is 4.88 Å². The van der Waals surface area contributed by atoms with Crippen LogP contribution in [0, 0.1) is 0 Å². The minimum Gasteiger partial charge on any atom is -0.467 e. The van der Waals surface area contributed by atoms with E-state index in [0.717, 1.165) is 23.1 Å². The van der Waals surface area contributed by atoms with Crippen molar-refractivity contribution in [2.45, 2.75) is 45.6 Å². The van der Waals surface area contributed by atoms with Crippen LogP contribution in [0.1, 0.15) is 38.5 Å². The van der Waals surface area contributed by atoms with Crippen LogP contribution >= 0.6 is 11.3 Å². The van der Waals surface area contributed by atoms with Gasteiger partial charge in [-0.05, 0) is 25.8 Å². The molecule has 0 bridgehead atoms. The molecule has 0 aliphatic carbocycles. The Hall–Kier alpha value is -1.69. The number of anilines is 1. The standard InChI is InChI=1S/C15H21N3O2S/c1-5-7-15(3,14(19)20-4)18-12-11-8-10(6-2)21-13(11)17-9-16-12/h8-9H,5-7H2,1-4H3,(H,16,17,18). The number of aromatic nitrogens is 2. The second-order valence-corrected chi connectivity index (χ2v) is 6.32. The number of fused-ring (bicyclic) bond motifs is 1. The van der Waals surface area contributed by atoms with Crippen LogP contribution in [0.3, 0.4) is 0 Å². The largest absolute Gasteiger partial charge is 0.467 e. The van der Waals surface area contributed by atoms with Gasteiger partial charge < -0.3 is 10.1 Å². The zero-order valence-corrected chi connectivity index (χ0v) is 13.7. The highest BCUT2D eigenvalue weighted by Gasteiger charge is 2.34. The van der Waals surface area contributed by atoms with Crippen molar-refractivity contribution < 1.29 is 9.53 Å². The normalized spacial score (nSPS) is 13.9. The molecule has 5 nitrogen and oxygen atoms in total. The van der Waals surface area contributed by atoms with E-state index in [-0.39, 0.29) is 5.97 Å². The third-order valence-electron chi connectivity index (χ3n) is 3.51. The summed E-state index contributed by atoms with van der Waals surface area (Å²) in [5.74, 6) is 0.416. The number of rotatable bonds is 6. The zero-order valence-electron chi connectivity index (χ0n) is 12.9. The van der Waals surface area contributed by atoms with Crippen molar-refractivity contribution in [3.63, 3.8) is 0 Å². The number of methoxy groups -OCH3 is 1. The van der Waals surface area contributed by atoms with Crippen LogP contribution in [0.25, 0.3) is 10.2 Å². The van der Waals surface area contributed by atoms with Gasteiger partial charge in [-0.2, -0.15) is 0 Å². The van der Waals surface area contributed by atoms with E-state index in [4.69, 9.17) is 4.74 Å². The van der Waals surface area contributed by atoms with E-state index in [2.05, 4.69) is 28.3 Å². The van der Waals surface area contributed by atoms with E-state index in [9.17, 15) is 4.79 Å². The van der Waals surface area contributed by atoms with Crippen LogP contribution in [0.2, 0.25) is 0 Å². The molecule has 0 aliphatic heterocycles. The maximum Gasteiger partial charge on any atom is 0.331 e. The Kier molecular flexibility index (Phi) is 4.77. The molecule has 2 aromatic rings. The second-order valence-electron chi connectivity index (χ2n) is 5.21. The number of aryl methyl sites for hydroxylation is 1. The SMILES string of the molecule is CCCC(C)(Nc1ncnc2sc(CC)cc12)C(=O)OC. The molecule has 0 amide bonds. The minimum atomic E-state index is -0.779. The molecule has 0 aromatic carbocycles. The summed E-state index contributed by atoms with van der Waals surface area (Å²) in [5, 5.41) is 4.23. The number of carbonyl (C=O) groups excluding carboxylic acids is 1. The smallest absolute Gasteiger partial charge is 0.331 e. The van der Waals surface area contributed by atoms with Crippen LogP contribution in [0.15, 0.2) is 12.4 Å². The van der Waals surface area contributed by atoms with Crippen molar-refractivity contribution in [3.8, 4) is 0 Å². The third-order valence-corrected chi connectivity index (χ3v) is 4.70. The van der Waals surface area contributed by atoms with Gasteiger partial charge in [-0.15, -0.1) is 11.3 Å². The van der Waals surface area contributed by atoms with Gasteiger partial charge in [0.15, 0.2) is 0 Å². The van der Waals surface area contributed by atoms with Gasteiger partial charge in [0.1, 0.15) is 22.5 Å². The molecule has 0 saturated heterocycles. The fourth-order valence-corrected chi connectivity index (χ4v) is 3.32. The van der Waals surface area contributed by atoms with Gasteiger partial charge in [-0.1, -0.05) is 20.3 Å². The first kappa shape index (κ1) is 15.7. The summed E-state index contributed by atoms with van der Waals surface area (Å²) in [7, 11) is 1.41. The predicted molar refractivity (Wildman–Crippen MR) is 85.7 cm³/mol. The molecule has 1 unspecified atom stereocenters. The molecule has 6 heteroatoms. The molecule has 2 heterocycles. The highest BCUT2D eigenvalue weighted by molar-refractivity contribution is 7.18. The average molecular weight is 307 g/mol. The third kappa shape index (κ3) is 3.15. The number of nitrogens with zero attached hydrogens (tertiary/aromatic N) is 2. The molecule has 2 aromatic heterocycles. The number of hydrogen-bond acceptors (Lipinski definition) is 6. The summed E-state index contributed by atoms with van der Waals surface area (Å²) < 4.78 is 4.94. The lowest BCUT2D eigenvalue weighted by molar-refractivity contribution is -0.145. The summed E-state index contributed by atoms with van der Waals surface area (Å²) in [6.45, 7) is 6.00. The fraction of sp³-hybridized carbons (Fsp3) is 0.533. The van der Waals surface area contributed by atoms with E-state index in [1.54, 1.807) is 11.3 Å².